The van der Waals surface area contributed by atoms with Gasteiger partial charge in [-0.15, -0.1) is 0 Å². The van der Waals surface area contributed by atoms with E-state index in [-0.39, 0.29) is 18.6 Å². The topological polar surface area (TPSA) is 54.5 Å². The van der Waals surface area contributed by atoms with Crippen molar-refractivity contribution in [3.8, 4) is 0 Å². The van der Waals surface area contributed by atoms with Crippen LogP contribution in [-0.2, 0) is 16.1 Å². The normalized spacial score (nSPS) is 16.7. The van der Waals surface area contributed by atoms with Gasteiger partial charge in [-0.2, -0.15) is 0 Å². The lowest BCUT2D eigenvalue weighted by Gasteiger charge is -2.36. The molecule has 0 saturated carbocycles. The Morgan fingerprint density at radius 2 is 2.04 bits per heavy atom. The number of likely N-dealkylation sites (tertiary alicyclic amines) is 1. The number of halogens is 2. The minimum atomic E-state index is -0.119. The average molecular weight is 422 g/mol. The highest BCUT2D eigenvalue weighted by Crippen LogP contribution is 2.32. The molecule has 2 aromatic rings. The van der Waals surface area contributed by atoms with Gasteiger partial charge in [0.25, 0.3) is 0 Å². The summed E-state index contributed by atoms with van der Waals surface area (Å²) in [4.78, 5) is 19.0. The van der Waals surface area contributed by atoms with Crippen LogP contribution in [-0.4, -0.2) is 42.6 Å². The van der Waals surface area contributed by atoms with E-state index in [1.807, 2.05) is 30.3 Å². The van der Waals surface area contributed by atoms with Gasteiger partial charge in [0, 0.05) is 19.9 Å². The van der Waals surface area contributed by atoms with Crippen LogP contribution in [0.2, 0.25) is 10.0 Å². The number of carbonyl (C=O) groups is 1. The first-order valence-corrected chi connectivity index (χ1v) is 10.2. The molecule has 0 bridgehead atoms. The van der Waals surface area contributed by atoms with Crippen molar-refractivity contribution in [2.45, 2.75) is 25.4 Å². The molecular weight excluding hydrogens is 397 g/mol. The maximum atomic E-state index is 12.1. The Morgan fingerprint density at radius 1 is 1.25 bits per heavy atom. The van der Waals surface area contributed by atoms with Crippen LogP contribution >= 0.6 is 23.2 Å². The number of aromatic nitrogens is 1. The van der Waals surface area contributed by atoms with E-state index in [4.69, 9.17) is 27.9 Å². The largest absolute Gasteiger partial charge is 0.375 e. The summed E-state index contributed by atoms with van der Waals surface area (Å²) in [5.74, 6) is 0.202. The molecule has 1 fully saturated rings. The molecule has 7 heteroatoms. The molecule has 1 atom stereocenters. The van der Waals surface area contributed by atoms with Crippen LogP contribution in [0.1, 0.15) is 30.1 Å². The van der Waals surface area contributed by atoms with Crippen LogP contribution < -0.4 is 5.32 Å². The molecular formula is C21H25Cl2N3O2. The molecule has 150 valence electrons. The van der Waals surface area contributed by atoms with Crippen LogP contribution in [0.5, 0.6) is 0 Å². The van der Waals surface area contributed by atoms with Gasteiger partial charge in [-0.3, -0.25) is 14.7 Å². The van der Waals surface area contributed by atoms with Gasteiger partial charge in [-0.1, -0.05) is 41.4 Å². The summed E-state index contributed by atoms with van der Waals surface area (Å²) in [5, 5.41) is 4.32. The van der Waals surface area contributed by atoms with Crippen molar-refractivity contribution >= 4 is 29.1 Å². The van der Waals surface area contributed by atoms with Gasteiger partial charge in [0.1, 0.15) is 6.61 Å². The lowest BCUT2D eigenvalue weighted by Crippen LogP contribution is -2.41. The summed E-state index contributed by atoms with van der Waals surface area (Å²) in [6.07, 6.45) is 3.69. The quantitative estimate of drug-likeness (QED) is 0.730. The van der Waals surface area contributed by atoms with Crippen LogP contribution in [0.15, 0.2) is 42.6 Å². The molecule has 1 aromatic heterocycles. The zero-order valence-electron chi connectivity index (χ0n) is 15.9. The predicted octanol–water partition coefficient (Wildman–Crippen LogP) is 4.10. The second-order valence-corrected chi connectivity index (χ2v) is 7.84. The monoisotopic (exact) mass is 421 g/mol. The SMILES string of the molecule is COCC(=O)N[C@H](c1ccccn1)C1CCN(Cc2cccc(Cl)c2Cl)CC1. The summed E-state index contributed by atoms with van der Waals surface area (Å²) >= 11 is 12.5. The molecule has 0 radical (unpaired) electrons. The molecule has 3 rings (SSSR count). The molecule has 1 amide bonds. The van der Waals surface area contributed by atoms with Crippen molar-refractivity contribution in [1.82, 2.24) is 15.2 Å². The number of carbonyl (C=O) groups excluding carboxylic acids is 1. The Kier molecular flexibility index (Phi) is 7.68. The fraction of sp³-hybridized carbons (Fsp3) is 0.429. The summed E-state index contributed by atoms with van der Waals surface area (Å²) in [5.41, 5.74) is 1.94. The number of ether oxygens (including phenoxy) is 1. The minimum absolute atomic E-state index is 0.0510. The Morgan fingerprint density at radius 3 is 2.71 bits per heavy atom. The van der Waals surface area contributed by atoms with E-state index < -0.39 is 0 Å². The third-order valence-corrected chi connectivity index (χ3v) is 5.99. The lowest BCUT2D eigenvalue weighted by atomic mass is 9.87. The van der Waals surface area contributed by atoms with Crippen LogP contribution in [0.3, 0.4) is 0 Å². The molecule has 5 nitrogen and oxygen atoms in total. The third kappa shape index (κ3) is 5.45. The summed E-state index contributed by atoms with van der Waals surface area (Å²) in [6, 6.07) is 11.4. The van der Waals surface area contributed by atoms with Gasteiger partial charge in [-0.05, 0) is 55.6 Å². The number of hydrogen-bond acceptors (Lipinski definition) is 4. The first-order chi connectivity index (χ1) is 13.6. The number of benzene rings is 1. The standard InChI is InChI=1S/C21H25Cl2N3O2/c1-28-14-19(27)25-21(18-7-2-3-10-24-18)15-8-11-26(12-9-15)13-16-5-4-6-17(22)20(16)23/h2-7,10,15,21H,8-9,11-14H2,1H3,(H,25,27)/t21-/m0/s1. The molecule has 2 heterocycles. The Labute approximate surface area is 176 Å². The minimum Gasteiger partial charge on any atom is -0.375 e. The lowest BCUT2D eigenvalue weighted by molar-refractivity contribution is -0.126. The van der Waals surface area contributed by atoms with Gasteiger partial charge in [0.05, 0.1) is 21.8 Å². The van der Waals surface area contributed by atoms with Gasteiger partial charge in [0.15, 0.2) is 0 Å². The zero-order chi connectivity index (χ0) is 19.9. The second-order valence-electron chi connectivity index (χ2n) is 7.06. The highest BCUT2D eigenvalue weighted by Gasteiger charge is 2.30. The van der Waals surface area contributed by atoms with E-state index in [2.05, 4.69) is 15.2 Å². The zero-order valence-corrected chi connectivity index (χ0v) is 17.4. The number of hydrogen-bond donors (Lipinski definition) is 1. The highest BCUT2D eigenvalue weighted by molar-refractivity contribution is 6.42. The second kappa shape index (κ2) is 10.2. The number of pyridine rings is 1. The van der Waals surface area contributed by atoms with Gasteiger partial charge < -0.3 is 10.1 Å². The number of piperidine rings is 1. The summed E-state index contributed by atoms with van der Waals surface area (Å²) in [6.45, 7) is 2.68. The number of nitrogens with one attached hydrogen (secondary N) is 1. The first-order valence-electron chi connectivity index (χ1n) is 9.43. The fourth-order valence-electron chi connectivity index (χ4n) is 3.70. The smallest absolute Gasteiger partial charge is 0.246 e. The highest BCUT2D eigenvalue weighted by atomic mass is 35.5. The summed E-state index contributed by atoms with van der Waals surface area (Å²) in [7, 11) is 1.52. The van der Waals surface area contributed by atoms with Crippen molar-refractivity contribution in [3.05, 3.63) is 63.9 Å². The van der Waals surface area contributed by atoms with Gasteiger partial charge in [-0.25, -0.2) is 0 Å². The van der Waals surface area contributed by atoms with Crippen molar-refractivity contribution in [2.24, 2.45) is 5.92 Å². The van der Waals surface area contributed by atoms with E-state index in [9.17, 15) is 4.79 Å². The number of amides is 1. The maximum Gasteiger partial charge on any atom is 0.246 e. The van der Waals surface area contributed by atoms with E-state index >= 15 is 0 Å². The molecule has 1 saturated heterocycles. The van der Waals surface area contributed by atoms with Crippen molar-refractivity contribution in [3.63, 3.8) is 0 Å². The third-order valence-electron chi connectivity index (χ3n) is 5.13. The molecule has 28 heavy (non-hydrogen) atoms. The predicted molar refractivity (Wildman–Crippen MR) is 111 cm³/mol. The fourth-order valence-corrected chi connectivity index (χ4v) is 4.08. The van der Waals surface area contributed by atoms with E-state index in [0.717, 1.165) is 43.7 Å². The van der Waals surface area contributed by atoms with Crippen LogP contribution in [0, 0.1) is 5.92 Å². The van der Waals surface area contributed by atoms with Gasteiger partial charge in [0.2, 0.25) is 5.91 Å². The molecule has 1 N–H and O–H groups in total. The molecule has 1 aromatic carbocycles. The Bertz CT molecular complexity index is 780. The Hall–Kier alpha value is -1.66. The van der Waals surface area contributed by atoms with Crippen molar-refractivity contribution in [2.75, 3.05) is 26.8 Å². The van der Waals surface area contributed by atoms with E-state index in [1.54, 1.807) is 12.3 Å². The molecule has 0 unspecified atom stereocenters. The number of nitrogens with zero attached hydrogens (tertiary/aromatic N) is 2. The molecule has 1 aliphatic rings. The maximum absolute atomic E-state index is 12.1. The molecule has 0 aliphatic carbocycles. The number of rotatable bonds is 7. The van der Waals surface area contributed by atoms with Crippen LogP contribution in [0.25, 0.3) is 0 Å². The summed E-state index contributed by atoms with van der Waals surface area (Å²) < 4.78 is 4.97. The Balaban J connectivity index is 1.64. The van der Waals surface area contributed by atoms with Crippen molar-refractivity contribution < 1.29 is 9.53 Å². The van der Waals surface area contributed by atoms with Crippen LogP contribution in [0.4, 0.5) is 0 Å². The average Bonchev–Trinajstić information content (AvgIpc) is 2.71. The number of methoxy groups -OCH3 is 1. The van der Waals surface area contributed by atoms with E-state index in [0.29, 0.717) is 16.0 Å². The molecule has 0 spiro atoms. The van der Waals surface area contributed by atoms with Crippen molar-refractivity contribution in [1.29, 1.82) is 0 Å². The molecule has 1 aliphatic heterocycles. The van der Waals surface area contributed by atoms with Gasteiger partial charge >= 0.3 is 0 Å². The first kappa shape index (κ1) is 21.1. The van der Waals surface area contributed by atoms with E-state index in [1.165, 1.54) is 7.11 Å².